The Morgan fingerprint density at radius 3 is 2.63 bits per heavy atom. The first kappa shape index (κ1) is 19.3. The number of aryl methyl sites for hydroxylation is 3. The molecule has 3 rings (SSSR count). The highest BCUT2D eigenvalue weighted by Gasteiger charge is 2.26. The van der Waals surface area contributed by atoms with E-state index in [9.17, 15) is 9.18 Å². The zero-order valence-electron chi connectivity index (χ0n) is 16.2. The van der Waals surface area contributed by atoms with E-state index >= 15 is 0 Å². The molecule has 1 heterocycles. The van der Waals surface area contributed by atoms with Crippen molar-refractivity contribution in [2.24, 2.45) is 0 Å². The third kappa shape index (κ3) is 4.45. The summed E-state index contributed by atoms with van der Waals surface area (Å²) in [5.41, 5.74) is 5.93. The van der Waals surface area contributed by atoms with Crippen LogP contribution in [0.15, 0.2) is 36.4 Å². The normalized spacial score (nSPS) is 20.1. The number of cyclic esters (lactones) is 1. The van der Waals surface area contributed by atoms with Gasteiger partial charge in [0, 0.05) is 13.5 Å². The van der Waals surface area contributed by atoms with Crippen LogP contribution in [-0.2, 0) is 14.3 Å². The summed E-state index contributed by atoms with van der Waals surface area (Å²) in [5.74, 6) is -0.447. The molecule has 0 unspecified atom stereocenters. The number of esters is 1. The SMILES string of the molecule is CO[C@H]1CC(=O)O[C@H](/C=C/c2c(C)cc(C)cc2-c2ccc(F)c(C)c2)C1. The largest absolute Gasteiger partial charge is 0.458 e. The van der Waals surface area contributed by atoms with Crippen molar-refractivity contribution in [1.82, 2.24) is 0 Å². The number of hydrogen-bond acceptors (Lipinski definition) is 3. The second-order valence-electron chi connectivity index (χ2n) is 7.19. The zero-order valence-corrected chi connectivity index (χ0v) is 16.2. The van der Waals surface area contributed by atoms with Crippen molar-refractivity contribution in [3.8, 4) is 11.1 Å². The van der Waals surface area contributed by atoms with E-state index in [-0.39, 0.29) is 24.0 Å². The van der Waals surface area contributed by atoms with Gasteiger partial charge in [-0.15, -0.1) is 0 Å². The van der Waals surface area contributed by atoms with Crippen LogP contribution < -0.4 is 0 Å². The van der Waals surface area contributed by atoms with E-state index in [1.54, 1.807) is 20.1 Å². The average molecular weight is 368 g/mol. The van der Waals surface area contributed by atoms with Crippen LogP contribution in [0.25, 0.3) is 17.2 Å². The molecule has 1 fully saturated rings. The van der Waals surface area contributed by atoms with Crippen LogP contribution in [0.2, 0.25) is 0 Å². The summed E-state index contributed by atoms with van der Waals surface area (Å²) in [4.78, 5) is 11.8. The standard InChI is InChI=1S/C23H25FO3/c1-14-9-15(2)20(7-6-18-12-19(26-4)13-23(25)27-18)21(10-14)17-5-8-22(24)16(3)11-17/h5-11,18-19H,12-13H2,1-4H3/b7-6+/t18-,19-/m1/s1. The lowest BCUT2D eigenvalue weighted by Gasteiger charge is -2.26. The maximum Gasteiger partial charge on any atom is 0.309 e. The lowest BCUT2D eigenvalue weighted by molar-refractivity contribution is -0.157. The van der Waals surface area contributed by atoms with E-state index in [1.165, 1.54) is 6.07 Å². The van der Waals surface area contributed by atoms with E-state index in [0.29, 0.717) is 18.4 Å². The minimum Gasteiger partial charge on any atom is -0.458 e. The van der Waals surface area contributed by atoms with E-state index < -0.39 is 0 Å². The number of carbonyl (C=O) groups excluding carboxylic acids is 1. The van der Waals surface area contributed by atoms with E-state index in [2.05, 4.69) is 19.1 Å². The van der Waals surface area contributed by atoms with Crippen molar-refractivity contribution in [1.29, 1.82) is 0 Å². The third-order valence-corrected chi connectivity index (χ3v) is 4.98. The molecule has 2 atom stereocenters. The first-order valence-electron chi connectivity index (χ1n) is 9.15. The molecule has 0 bridgehead atoms. The third-order valence-electron chi connectivity index (χ3n) is 4.98. The molecular weight excluding hydrogens is 343 g/mol. The Balaban J connectivity index is 1.97. The van der Waals surface area contributed by atoms with Crippen molar-refractivity contribution < 1.29 is 18.7 Å². The molecule has 2 aromatic rings. The van der Waals surface area contributed by atoms with Crippen LogP contribution >= 0.6 is 0 Å². The van der Waals surface area contributed by atoms with Gasteiger partial charge in [0.05, 0.1) is 12.5 Å². The van der Waals surface area contributed by atoms with Crippen molar-refractivity contribution in [2.45, 2.75) is 45.8 Å². The first-order valence-corrected chi connectivity index (χ1v) is 9.15. The van der Waals surface area contributed by atoms with E-state index in [4.69, 9.17) is 9.47 Å². The van der Waals surface area contributed by atoms with Crippen molar-refractivity contribution >= 4 is 12.0 Å². The van der Waals surface area contributed by atoms with Gasteiger partial charge in [-0.1, -0.05) is 29.8 Å². The van der Waals surface area contributed by atoms with Crippen LogP contribution in [0.3, 0.4) is 0 Å². The molecule has 0 N–H and O–H groups in total. The van der Waals surface area contributed by atoms with Gasteiger partial charge in [0.15, 0.2) is 0 Å². The quantitative estimate of drug-likeness (QED) is 0.700. The van der Waals surface area contributed by atoms with Crippen LogP contribution in [-0.4, -0.2) is 25.3 Å². The first-order chi connectivity index (χ1) is 12.9. The number of methoxy groups -OCH3 is 1. The number of hydrogen-bond donors (Lipinski definition) is 0. The summed E-state index contributed by atoms with van der Waals surface area (Å²) in [6.45, 7) is 5.87. The molecule has 0 amide bonds. The predicted molar refractivity (Wildman–Crippen MR) is 105 cm³/mol. The molecule has 1 aliphatic heterocycles. The predicted octanol–water partition coefficient (Wildman–Crippen LogP) is 5.15. The van der Waals surface area contributed by atoms with Crippen LogP contribution in [0.4, 0.5) is 4.39 Å². The van der Waals surface area contributed by atoms with Crippen LogP contribution in [0.1, 0.15) is 35.1 Å². The smallest absolute Gasteiger partial charge is 0.309 e. The topological polar surface area (TPSA) is 35.5 Å². The fourth-order valence-electron chi connectivity index (χ4n) is 3.55. The lowest BCUT2D eigenvalue weighted by atomic mass is 9.92. The fraction of sp³-hybridized carbons (Fsp3) is 0.348. The summed E-state index contributed by atoms with van der Waals surface area (Å²) in [6, 6.07) is 9.38. The maximum absolute atomic E-state index is 13.7. The average Bonchev–Trinajstić information content (AvgIpc) is 2.62. The second kappa shape index (κ2) is 8.05. The van der Waals surface area contributed by atoms with Gasteiger partial charge in [-0.25, -0.2) is 4.39 Å². The molecule has 0 aromatic heterocycles. The highest BCUT2D eigenvalue weighted by atomic mass is 19.1. The molecule has 3 nitrogen and oxygen atoms in total. The molecule has 0 radical (unpaired) electrons. The Morgan fingerprint density at radius 1 is 1.15 bits per heavy atom. The minimum absolute atomic E-state index is 0.112. The summed E-state index contributed by atoms with van der Waals surface area (Å²) in [7, 11) is 1.61. The number of ether oxygens (including phenoxy) is 2. The summed E-state index contributed by atoms with van der Waals surface area (Å²) >= 11 is 0. The van der Waals surface area contributed by atoms with E-state index in [1.807, 2.05) is 25.1 Å². The van der Waals surface area contributed by atoms with Crippen molar-refractivity contribution in [3.63, 3.8) is 0 Å². The minimum atomic E-state index is -0.306. The molecule has 1 aliphatic rings. The number of rotatable bonds is 4. The van der Waals surface area contributed by atoms with Gasteiger partial charge in [-0.05, 0) is 66.8 Å². The van der Waals surface area contributed by atoms with E-state index in [0.717, 1.165) is 27.8 Å². The van der Waals surface area contributed by atoms with Crippen molar-refractivity contribution in [3.05, 3.63) is 64.5 Å². The summed E-state index contributed by atoms with van der Waals surface area (Å²) in [6.07, 6.45) is 4.44. The summed E-state index contributed by atoms with van der Waals surface area (Å²) < 4.78 is 24.5. The van der Waals surface area contributed by atoms with Gasteiger partial charge in [0.25, 0.3) is 0 Å². The van der Waals surface area contributed by atoms with Gasteiger partial charge in [-0.2, -0.15) is 0 Å². The Bertz CT molecular complexity index is 885. The summed E-state index contributed by atoms with van der Waals surface area (Å²) in [5, 5.41) is 0. The molecule has 0 aliphatic carbocycles. The molecule has 0 saturated carbocycles. The van der Waals surface area contributed by atoms with Crippen LogP contribution in [0.5, 0.6) is 0 Å². The number of benzene rings is 2. The van der Waals surface area contributed by atoms with Gasteiger partial charge < -0.3 is 9.47 Å². The van der Waals surface area contributed by atoms with Gasteiger partial charge >= 0.3 is 5.97 Å². The molecule has 142 valence electrons. The number of halogens is 1. The zero-order chi connectivity index (χ0) is 19.6. The highest BCUT2D eigenvalue weighted by Crippen LogP contribution is 2.31. The Kier molecular flexibility index (Phi) is 5.76. The monoisotopic (exact) mass is 368 g/mol. The molecule has 1 saturated heterocycles. The number of carbonyl (C=O) groups is 1. The van der Waals surface area contributed by atoms with Gasteiger partial charge in [-0.3, -0.25) is 4.79 Å². The Morgan fingerprint density at radius 2 is 1.93 bits per heavy atom. The molecule has 2 aromatic carbocycles. The molecule has 0 spiro atoms. The van der Waals surface area contributed by atoms with Gasteiger partial charge in [0.1, 0.15) is 11.9 Å². The maximum atomic E-state index is 13.7. The lowest BCUT2D eigenvalue weighted by Crippen LogP contribution is -2.32. The molecular formula is C23H25FO3. The van der Waals surface area contributed by atoms with Crippen molar-refractivity contribution in [2.75, 3.05) is 7.11 Å². The molecule has 4 heteroatoms. The fourth-order valence-corrected chi connectivity index (χ4v) is 3.55. The Hall–Kier alpha value is -2.46. The second-order valence-corrected chi connectivity index (χ2v) is 7.19. The van der Waals surface area contributed by atoms with Gasteiger partial charge in [0.2, 0.25) is 0 Å². The highest BCUT2D eigenvalue weighted by molar-refractivity contribution is 5.78. The van der Waals surface area contributed by atoms with Crippen LogP contribution in [0, 0.1) is 26.6 Å². The molecule has 27 heavy (non-hydrogen) atoms. The Labute approximate surface area is 159 Å².